The van der Waals surface area contributed by atoms with Crippen molar-refractivity contribution >= 4 is 62.4 Å². The number of nitrogens with one attached hydrogen (secondary N) is 14. The molecule has 11 rings (SSSR count). The number of aromatic amines is 14. The number of unbranched alkanes of at least 4 members (excludes halogenated alkanes) is 1. The number of nitrogens with zero attached hydrogens (tertiary/aromatic N) is 5. The van der Waals surface area contributed by atoms with Crippen molar-refractivity contribution < 1.29 is 39.0 Å². The molecule has 10 aromatic heterocycles. The van der Waals surface area contributed by atoms with Crippen molar-refractivity contribution in [2.24, 2.45) is 14.1 Å². The number of carboxylic acid groups (broad SMARTS) is 3. The van der Waals surface area contributed by atoms with Gasteiger partial charge in [0.05, 0.1) is 33.7 Å². The SMILES string of the molecule is CCCCc1cc2cnc(=O)[nH]c2o1.Cc1[nH]c(=O)[nH]c(=O)c1C.Cn1cc([N+](=O)[O-])c(=O)n(C)c1=O.Nc1c(C(=O)O)[nH]c(=O)[nH]c1=O.O=C(O)c1c[nH]c(=O)[nH]c1=O.O=C(O)c1cc(=O)[nH]c(=O)[nH]1.O=c1[nH]c(=O)c2[nH]cnc2[nH]1.O=c1[nH]c(=O)c2ccccc2[nH]1. The number of furan rings is 1. The van der Waals surface area contributed by atoms with Crippen molar-refractivity contribution in [2.75, 3.05) is 5.73 Å². The molecule has 0 unspecified atom stereocenters. The topological polar surface area (TPSA) is 707 Å². The van der Waals surface area contributed by atoms with Crippen LogP contribution in [0.3, 0.4) is 0 Å². The lowest BCUT2D eigenvalue weighted by atomic mass is 10.2. The number of imidazole rings is 1. The second-order valence-corrected chi connectivity index (χ2v) is 18.1. The molecule has 0 aliphatic rings. The minimum atomic E-state index is -1.45. The summed E-state index contributed by atoms with van der Waals surface area (Å²) >= 11 is 0. The van der Waals surface area contributed by atoms with Gasteiger partial charge in [0, 0.05) is 50.2 Å². The van der Waals surface area contributed by atoms with Gasteiger partial charge in [0.15, 0.2) is 11.3 Å². The molecular weight excluding hydrogens is 1260 g/mol. The minimum Gasteiger partial charge on any atom is -0.477 e. The zero-order valence-electron chi connectivity index (χ0n) is 48.6. The number of fused-ring (bicyclic) bond motifs is 3. The number of aryl methyl sites for hydroxylation is 3. The molecule has 94 heavy (non-hydrogen) atoms. The average Bonchev–Trinajstić information content (AvgIpc) is 1.34. The molecule has 0 atom stereocenters. The summed E-state index contributed by atoms with van der Waals surface area (Å²) in [6.07, 6.45) is 7.77. The molecule has 11 aromatic rings. The number of para-hydroxylation sites is 1. The van der Waals surface area contributed by atoms with Crippen molar-refractivity contribution in [3.63, 3.8) is 0 Å². The number of aromatic nitrogens is 18. The molecule has 0 saturated heterocycles. The number of carbonyl (C=O) groups is 3. The molecule has 44 heteroatoms. The van der Waals surface area contributed by atoms with Crippen LogP contribution in [0, 0.1) is 24.0 Å². The maximum atomic E-state index is 11.1. The minimum absolute atomic E-state index is 0.277. The second-order valence-electron chi connectivity index (χ2n) is 18.1. The van der Waals surface area contributed by atoms with Crippen molar-refractivity contribution in [1.82, 2.24) is 88.9 Å². The van der Waals surface area contributed by atoms with Gasteiger partial charge in [-0.3, -0.25) is 97.7 Å². The number of H-pyrrole nitrogens is 14. The van der Waals surface area contributed by atoms with E-state index in [4.69, 9.17) is 25.5 Å². The van der Waals surface area contributed by atoms with Gasteiger partial charge in [0.1, 0.15) is 28.2 Å². The number of nitrogen functional groups attached to an aromatic ring is 1. The summed E-state index contributed by atoms with van der Waals surface area (Å²) in [5, 5.41) is 36.7. The highest BCUT2D eigenvalue weighted by molar-refractivity contribution is 5.90. The molecule has 0 aliphatic heterocycles. The number of aromatic carboxylic acids is 3. The molecule has 0 fully saturated rings. The van der Waals surface area contributed by atoms with Crippen LogP contribution < -0.4 is 90.2 Å². The molecule has 0 bridgehead atoms. The number of rotatable bonds is 7. The third-order valence-electron chi connectivity index (χ3n) is 11.4. The Kier molecular flexibility index (Phi) is 25.1. The Bertz CT molecular complexity index is 5550. The van der Waals surface area contributed by atoms with Gasteiger partial charge in [-0.25, -0.2) is 62.7 Å². The predicted molar refractivity (Wildman–Crippen MR) is 325 cm³/mol. The zero-order valence-corrected chi connectivity index (χ0v) is 48.6. The number of hydrogen-bond acceptors (Lipinski definition) is 24. The first kappa shape index (κ1) is 72.2. The van der Waals surface area contributed by atoms with Gasteiger partial charge in [0.25, 0.3) is 33.4 Å². The van der Waals surface area contributed by atoms with Gasteiger partial charge < -0.3 is 50.4 Å². The van der Waals surface area contributed by atoms with Crippen molar-refractivity contribution in [3.8, 4) is 0 Å². The first-order valence-electron chi connectivity index (χ1n) is 25.7. The van der Waals surface area contributed by atoms with Crippen LogP contribution in [0.25, 0.3) is 33.2 Å². The fourth-order valence-corrected chi connectivity index (χ4v) is 6.76. The number of benzene rings is 1. The van der Waals surface area contributed by atoms with Crippen LogP contribution in [0.2, 0.25) is 0 Å². The molecule has 44 nitrogen and oxygen atoms in total. The number of nitro groups is 1. The van der Waals surface area contributed by atoms with E-state index in [9.17, 15) is 96.4 Å². The molecule has 0 radical (unpaired) electrons. The van der Waals surface area contributed by atoms with Crippen LogP contribution in [0.4, 0.5) is 11.4 Å². The van der Waals surface area contributed by atoms with Crippen molar-refractivity contribution in [1.29, 1.82) is 0 Å². The maximum Gasteiger partial charge on any atom is 0.354 e. The van der Waals surface area contributed by atoms with E-state index in [0.29, 0.717) is 32.4 Å². The maximum absolute atomic E-state index is 11.1. The van der Waals surface area contributed by atoms with Crippen LogP contribution in [0.15, 0.2) is 138 Å². The van der Waals surface area contributed by atoms with Crippen LogP contribution in [0.5, 0.6) is 0 Å². The fraction of sp³-hybridized carbons (Fsp3) is 0.160. The predicted octanol–water partition coefficient (Wildman–Crippen LogP) is -4.45. The molecule has 19 N–H and O–H groups in total. The molecular formula is C50H50N20O24. The van der Waals surface area contributed by atoms with Gasteiger partial charge in [-0.2, -0.15) is 0 Å². The molecule has 0 amide bonds. The van der Waals surface area contributed by atoms with E-state index in [2.05, 4.69) is 56.8 Å². The summed E-state index contributed by atoms with van der Waals surface area (Å²) < 4.78 is 7.13. The van der Waals surface area contributed by atoms with Crippen molar-refractivity contribution in [3.05, 3.63) is 262 Å². The summed E-state index contributed by atoms with van der Waals surface area (Å²) in [4.78, 5) is 239. The third kappa shape index (κ3) is 20.7. The quantitative estimate of drug-likeness (QED) is 0.0529. The number of carboxylic acids is 3. The summed E-state index contributed by atoms with van der Waals surface area (Å²) in [6.45, 7) is 5.47. The van der Waals surface area contributed by atoms with Gasteiger partial charge >= 0.3 is 74.7 Å². The summed E-state index contributed by atoms with van der Waals surface area (Å²) in [5.74, 6) is -3.25. The zero-order chi connectivity index (χ0) is 70.4. The van der Waals surface area contributed by atoms with E-state index < -0.39 is 119 Å². The molecule has 0 aliphatic carbocycles. The Hall–Kier alpha value is -14.3. The van der Waals surface area contributed by atoms with Crippen LogP contribution in [-0.4, -0.2) is 127 Å². The fourth-order valence-electron chi connectivity index (χ4n) is 6.76. The number of nitrogens with two attached hydrogens (primary N) is 1. The molecule has 0 saturated carbocycles. The highest BCUT2D eigenvalue weighted by atomic mass is 16.6. The Balaban J connectivity index is 0.000000229. The van der Waals surface area contributed by atoms with E-state index >= 15 is 0 Å². The van der Waals surface area contributed by atoms with Gasteiger partial charge in [-0.1, -0.05) is 25.5 Å². The number of anilines is 1. The lowest BCUT2D eigenvalue weighted by molar-refractivity contribution is -0.387. The normalized spacial score (nSPS) is 10.1. The van der Waals surface area contributed by atoms with Gasteiger partial charge in [-0.05, 0) is 38.5 Å². The van der Waals surface area contributed by atoms with E-state index in [0.717, 1.165) is 53.4 Å². The van der Waals surface area contributed by atoms with E-state index in [1.807, 2.05) is 26.0 Å². The first-order valence-corrected chi connectivity index (χ1v) is 25.7. The molecule has 494 valence electrons. The van der Waals surface area contributed by atoms with E-state index in [1.54, 1.807) is 48.1 Å². The van der Waals surface area contributed by atoms with E-state index in [-0.39, 0.29) is 28.0 Å². The lowest BCUT2D eigenvalue weighted by Gasteiger charge is -1.99. The summed E-state index contributed by atoms with van der Waals surface area (Å²) in [6, 6.07) is 9.57. The second kappa shape index (κ2) is 32.6. The van der Waals surface area contributed by atoms with Crippen LogP contribution in [0.1, 0.15) is 68.1 Å². The highest BCUT2D eigenvalue weighted by Crippen LogP contribution is 2.16. The lowest BCUT2D eigenvalue weighted by Crippen LogP contribution is -2.37. The monoisotopic (exact) mass is 1310 g/mol. The smallest absolute Gasteiger partial charge is 0.354 e. The Labute approximate surface area is 510 Å². The van der Waals surface area contributed by atoms with E-state index in [1.165, 1.54) is 26.6 Å². The summed E-state index contributed by atoms with van der Waals surface area (Å²) in [7, 11) is 2.53. The largest absolute Gasteiger partial charge is 0.477 e. The molecule has 0 spiro atoms. The molecule has 10 heterocycles. The van der Waals surface area contributed by atoms with Crippen molar-refractivity contribution in [2.45, 2.75) is 40.0 Å². The Morgan fingerprint density at radius 1 is 0.649 bits per heavy atom. The van der Waals surface area contributed by atoms with Crippen LogP contribution in [-0.2, 0) is 20.5 Å². The standard InChI is InChI=1S/C10H12N2O2.C8H6N2O2.C6H7N3O4.C6H8N2O2.C5H4N4O2.C5H5N3O4.2C5H4N2O4/c1-2-3-4-8-5-7-6-11-10(13)12-9(7)14-8;11-7-5-3-1-2-4-6(5)9-8(12)10-7;1-7-3-4(9(12)13)5(10)8(2)6(7)11;1-3-4(2)7-6(10)8-5(3)9;10-4-2-3(7-1-6-2)8-5(11)9-4;6-1-2(4(10)11)7-5(12)8-3(1)9;8-3-2(4(9)10)1-6-5(11)7-3;8-3-1-2(4(9)10)6-5(11)7-3/h5-6H,2-4H2,1H3,(H,11,12,13);1-4H,(H2,9,10,11,12);3H,1-2H3;1-2H3,(H2,7,8,9,10);1H,(H3,6,7,8,9,10,11);6H2,(H,10,11)(H2,7,8,9,12);2*1H,(H,9,10)(H2,6,7,8,11). The highest BCUT2D eigenvalue weighted by Gasteiger charge is 2.16. The average molecular weight is 1320 g/mol. The number of hydrogen-bond donors (Lipinski definition) is 18. The van der Waals surface area contributed by atoms with Gasteiger partial charge in [0.2, 0.25) is 5.71 Å². The Morgan fingerprint density at radius 3 is 1.85 bits per heavy atom. The Morgan fingerprint density at radius 2 is 1.24 bits per heavy atom. The molecule has 1 aromatic carbocycles. The van der Waals surface area contributed by atoms with Gasteiger partial charge in [-0.15, -0.1) is 0 Å². The first-order chi connectivity index (χ1) is 44.1. The van der Waals surface area contributed by atoms with Crippen LogP contribution >= 0.6 is 0 Å². The summed E-state index contributed by atoms with van der Waals surface area (Å²) in [5.41, 5.74) is -4.17. The third-order valence-corrected chi connectivity index (χ3v) is 11.4.